The molecule has 30 heavy (non-hydrogen) atoms. The number of aromatic nitrogens is 1. The van der Waals surface area contributed by atoms with Crippen LogP contribution in [0.5, 0.6) is 11.5 Å². The first-order valence-corrected chi connectivity index (χ1v) is 10.8. The highest BCUT2D eigenvalue weighted by Crippen LogP contribution is 2.36. The number of aryl methyl sites for hydroxylation is 1. The van der Waals surface area contributed by atoms with Gasteiger partial charge in [-0.3, -0.25) is 9.69 Å². The second-order valence-corrected chi connectivity index (χ2v) is 8.79. The van der Waals surface area contributed by atoms with E-state index in [4.69, 9.17) is 37.7 Å². The quantitative estimate of drug-likeness (QED) is 0.471. The lowest BCUT2D eigenvalue weighted by atomic mass is 10.2. The van der Waals surface area contributed by atoms with Crippen molar-refractivity contribution >= 4 is 55.8 Å². The summed E-state index contributed by atoms with van der Waals surface area (Å²) in [5.41, 5.74) is 1.83. The van der Waals surface area contributed by atoms with E-state index in [2.05, 4.69) is 0 Å². The standard InChI is InChI=1S/C21H23Cl2N3O3S/c1-13-5-7-17(28-4)19-20(13)30-21(24-19)26(10-9-25(2)3)18(27)12-29-16-8-6-14(22)11-15(16)23/h5-8,11H,9-10,12H2,1-4H3. The Balaban J connectivity index is 1.87. The molecule has 0 atom stereocenters. The van der Waals surface area contributed by atoms with Gasteiger partial charge < -0.3 is 14.4 Å². The van der Waals surface area contributed by atoms with Gasteiger partial charge in [-0.1, -0.05) is 40.6 Å². The fourth-order valence-electron chi connectivity index (χ4n) is 2.82. The molecule has 3 aromatic rings. The Labute approximate surface area is 189 Å². The van der Waals surface area contributed by atoms with Gasteiger partial charge in [-0.2, -0.15) is 0 Å². The second kappa shape index (κ2) is 9.83. The minimum absolute atomic E-state index is 0.166. The van der Waals surface area contributed by atoms with Crippen molar-refractivity contribution in [1.82, 2.24) is 9.88 Å². The van der Waals surface area contributed by atoms with E-state index in [9.17, 15) is 4.79 Å². The van der Waals surface area contributed by atoms with Crippen molar-refractivity contribution in [3.8, 4) is 11.5 Å². The van der Waals surface area contributed by atoms with Crippen LogP contribution in [0, 0.1) is 6.92 Å². The Morgan fingerprint density at radius 2 is 1.87 bits per heavy atom. The summed E-state index contributed by atoms with van der Waals surface area (Å²) < 4.78 is 12.1. The first-order valence-electron chi connectivity index (χ1n) is 9.27. The molecule has 0 aliphatic rings. The number of hydrogen-bond acceptors (Lipinski definition) is 6. The van der Waals surface area contributed by atoms with E-state index in [0.29, 0.717) is 39.8 Å². The molecular formula is C21H23Cl2N3O3S. The van der Waals surface area contributed by atoms with Crippen molar-refractivity contribution in [1.29, 1.82) is 0 Å². The number of carbonyl (C=O) groups is 1. The maximum absolute atomic E-state index is 13.1. The number of carbonyl (C=O) groups excluding carboxylic acids is 1. The molecule has 2 aromatic carbocycles. The summed E-state index contributed by atoms with van der Waals surface area (Å²) in [5, 5.41) is 1.47. The average molecular weight is 468 g/mol. The zero-order valence-corrected chi connectivity index (χ0v) is 19.6. The molecule has 3 rings (SSSR count). The third kappa shape index (κ3) is 5.16. The molecule has 0 unspecified atom stereocenters. The van der Waals surface area contributed by atoms with Crippen LogP contribution in [0.15, 0.2) is 30.3 Å². The molecule has 0 saturated heterocycles. The molecule has 0 radical (unpaired) electrons. The summed E-state index contributed by atoms with van der Waals surface area (Å²) in [6.07, 6.45) is 0. The first-order chi connectivity index (χ1) is 14.3. The van der Waals surface area contributed by atoms with Crippen LogP contribution < -0.4 is 14.4 Å². The van der Waals surface area contributed by atoms with E-state index in [-0.39, 0.29) is 12.5 Å². The maximum atomic E-state index is 13.1. The first kappa shape index (κ1) is 22.6. The summed E-state index contributed by atoms with van der Waals surface area (Å²) in [6, 6.07) is 8.77. The third-order valence-electron chi connectivity index (χ3n) is 4.46. The molecule has 0 aliphatic carbocycles. The SMILES string of the molecule is COc1ccc(C)c2sc(N(CCN(C)C)C(=O)COc3ccc(Cl)cc3Cl)nc12. The number of thiazole rings is 1. The van der Waals surface area contributed by atoms with Gasteiger partial charge in [0.1, 0.15) is 17.0 Å². The van der Waals surface area contributed by atoms with Crippen molar-refractivity contribution in [3.63, 3.8) is 0 Å². The Morgan fingerprint density at radius 3 is 2.53 bits per heavy atom. The highest BCUT2D eigenvalue weighted by Gasteiger charge is 2.22. The van der Waals surface area contributed by atoms with Crippen molar-refractivity contribution < 1.29 is 14.3 Å². The van der Waals surface area contributed by atoms with Crippen LogP contribution in [0.25, 0.3) is 10.2 Å². The highest BCUT2D eigenvalue weighted by atomic mass is 35.5. The zero-order valence-electron chi connectivity index (χ0n) is 17.2. The molecule has 160 valence electrons. The van der Waals surface area contributed by atoms with Crippen molar-refractivity contribution in [2.24, 2.45) is 0 Å². The summed E-state index contributed by atoms with van der Waals surface area (Å²) in [7, 11) is 5.53. The Bertz CT molecular complexity index is 1060. The largest absolute Gasteiger partial charge is 0.494 e. The minimum Gasteiger partial charge on any atom is -0.494 e. The van der Waals surface area contributed by atoms with E-state index < -0.39 is 0 Å². The molecule has 0 spiro atoms. The van der Waals surface area contributed by atoms with Gasteiger partial charge in [-0.05, 0) is 50.8 Å². The summed E-state index contributed by atoms with van der Waals surface area (Å²) in [6.45, 7) is 3.01. The number of hydrogen-bond donors (Lipinski definition) is 0. The van der Waals surface area contributed by atoms with Crippen LogP contribution in [0.1, 0.15) is 5.56 Å². The molecular weight excluding hydrogens is 445 g/mol. The van der Waals surface area contributed by atoms with E-state index >= 15 is 0 Å². The number of anilines is 1. The molecule has 9 heteroatoms. The number of nitrogens with zero attached hydrogens (tertiary/aromatic N) is 3. The maximum Gasteiger partial charge on any atom is 0.266 e. The fraction of sp³-hybridized carbons (Fsp3) is 0.333. The van der Waals surface area contributed by atoms with Crippen LogP contribution in [0.3, 0.4) is 0 Å². The van der Waals surface area contributed by atoms with Gasteiger partial charge >= 0.3 is 0 Å². The van der Waals surface area contributed by atoms with E-state index in [0.717, 1.165) is 15.8 Å². The number of benzene rings is 2. The minimum atomic E-state index is -0.210. The second-order valence-electron chi connectivity index (χ2n) is 6.97. The van der Waals surface area contributed by atoms with Crippen molar-refractivity contribution in [3.05, 3.63) is 45.9 Å². The van der Waals surface area contributed by atoms with Crippen LogP contribution in [0.2, 0.25) is 10.0 Å². The third-order valence-corrected chi connectivity index (χ3v) is 6.20. The predicted molar refractivity (Wildman–Crippen MR) is 124 cm³/mol. The summed E-state index contributed by atoms with van der Waals surface area (Å²) in [5.74, 6) is 0.879. The van der Waals surface area contributed by atoms with Crippen molar-refractivity contribution in [2.45, 2.75) is 6.92 Å². The van der Waals surface area contributed by atoms with E-state index in [1.807, 2.05) is 38.1 Å². The van der Waals surface area contributed by atoms with E-state index in [1.54, 1.807) is 30.2 Å². The van der Waals surface area contributed by atoms with Crippen LogP contribution in [-0.2, 0) is 4.79 Å². The topological polar surface area (TPSA) is 54.9 Å². The Kier molecular flexibility index (Phi) is 7.41. The van der Waals surface area contributed by atoms with Gasteiger partial charge in [0, 0.05) is 18.1 Å². The number of halogens is 2. The number of methoxy groups -OCH3 is 1. The number of ether oxygens (including phenoxy) is 2. The number of fused-ring (bicyclic) bond motifs is 1. The molecule has 0 aliphatic heterocycles. The molecule has 1 aromatic heterocycles. The number of amides is 1. The van der Waals surface area contributed by atoms with Crippen LogP contribution in [0.4, 0.5) is 5.13 Å². The van der Waals surface area contributed by atoms with Gasteiger partial charge in [-0.15, -0.1) is 0 Å². The number of rotatable bonds is 8. The molecule has 0 saturated carbocycles. The van der Waals surface area contributed by atoms with Gasteiger partial charge in [0.15, 0.2) is 11.7 Å². The lowest BCUT2D eigenvalue weighted by Crippen LogP contribution is -2.39. The molecule has 6 nitrogen and oxygen atoms in total. The van der Waals surface area contributed by atoms with Crippen LogP contribution >= 0.6 is 34.5 Å². The lowest BCUT2D eigenvalue weighted by Gasteiger charge is -2.22. The zero-order chi connectivity index (χ0) is 21.8. The Hall–Kier alpha value is -2.06. The van der Waals surface area contributed by atoms with Gasteiger partial charge in [0.25, 0.3) is 5.91 Å². The molecule has 0 N–H and O–H groups in total. The van der Waals surface area contributed by atoms with Gasteiger partial charge in [0.2, 0.25) is 0 Å². The lowest BCUT2D eigenvalue weighted by molar-refractivity contribution is -0.120. The normalized spacial score (nSPS) is 11.2. The van der Waals surface area contributed by atoms with Crippen LogP contribution in [-0.4, -0.2) is 56.7 Å². The van der Waals surface area contributed by atoms with Crippen molar-refractivity contribution in [2.75, 3.05) is 45.8 Å². The molecule has 1 heterocycles. The van der Waals surface area contributed by atoms with Gasteiger partial charge in [-0.25, -0.2) is 4.98 Å². The monoisotopic (exact) mass is 467 g/mol. The fourth-order valence-corrected chi connectivity index (χ4v) is 4.37. The molecule has 0 bridgehead atoms. The van der Waals surface area contributed by atoms with Gasteiger partial charge in [0.05, 0.1) is 16.8 Å². The highest BCUT2D eigenvalue weighted by molar-refractivity contribution is 7.22. The molecule has 1 amide bonds. The molecule has 0 fully saturated rings. The summed E-state index contributed by atoms with van der Waals surface area (Å²) >= 11 is 13.5. The smallest absolute Gasteiger partial charge is 0.266 e. The predicted octanol–water partition coefficient (Wildman–Crippen LogP) is 4.89. The summed E-state index contributed by atoms with van der Waals surface area (Å²) in [4.78, 5) is 21.4. The number of likely N-dealkylation sites (N-methyl/N-ethyl adjacent to an activating group) is 1. The average Bonchev–Trinajstić information content (AvgIpc) is 3.13. The Morgan fingerprint density at radius 1 is 1.13 bits per heavy atom. The van der Waals surface area contributed by atoms with E-state index in [1.165, 1.54) is 11.3 Å².